The van der Waals surface area contributed by atoms with Crippen molar-refractivity contribution < 1.29 is 17.9 Å². The zero-order valence-corrected chi connectivity index (χ0v) is 14.2. The van der Waals surface area contributed by atoms with E-state index in [0.29, 0.717) is 18.8 Å². The number of nitrogens with zero attached hydrogens (tertiary/aromatic N) is 1. The summed E-state index contributed by atoms with van der Waals surface area (Å²) in [6.07, 6.45) is 0. The quantitative estimate of drug-likeness (QED) is 0.763. The van der Waals surface area contributed by atoms with Crippen LogP contribution in [0.2, 0.25) is 0 Å². The Hall–Kier alpha value is -1.48. The van der Waals surface area contributed by atoms with Crippen LogP contribution in [-0.2, 0) is 14.8 Å². The first kappa shape index (κ1) is 17.9. The first-order chi connectivity index (χ1) is 10.9. The predicted octanol–water partition coefficient (Wildman–Crippen LogP) is 0.0452. The number of sulfonamides is 1. The van der Waals surface area contributed by atoms with Gasteiger partial charge >= 0.3 is 0 Å². The molecule has 8 heteroatoms. The van der Waals surface area contributed by atoms with E-state index in [1.807, 2.05) is 6.92 Å². The van der Waals surface area contributed by atoms with E-state index in [0.717, 1.165) is 19.6 Å². The van der Waals surface area contributed by atoms with Crippen LogP contribution in [0.3, 0.4) is 0 Å². The number of carbonyl (C=O) groups excluding carboxylic acids is 1. The van der Waals surface area contributed by atoms with Crippen molar-refractivity contribution in [1.29, 1.82) is 0 Å². The van der Waals surface area contributed by atoms with Crippen LogP contribution in [0.4, 0.5) is 0 Å². The fourth-order valence-electron chi connectivity index (χ4n) is 2.45. The number of hydrogen-bond acceptors (Lipinski definition) is 5. The first-order valence-electron chi connectivity index (χ1n) is 7.57. The molecule has 0 aromatic heterocycles. The van der Waals surface area contributed by atoms with Gasteiger partial charge in [0.2, 0.25) is 10.0 Å². The molecule has 0 bridgehead atoms. The second kappa shape index (κ2) is 7.87. The lowest BCUT2D eigenvalue weighted by atomic mass is 10.2. The van der Waals surface area contributed by atoms with Crippen molar-refractivity contribution in [3.8, 4) is 0 Å². The molecule has 1 aromatic carbocycles. The van der Waals surface area contributed by atoms with Gasteiger partial charge in [-0.25, -0.2) is 13.1 Å². The lowest BCUT2D eigenvalue weighted by molar-refractivity contribution is 0.0342. The summed E-state index contributed by atoms with van der Waals surface area (Å²) in [7, 11) is -2.22. The van der Waals surface area contributed by atoms with Crippen LogP contribution in [0.5, 0.6) is 0 Å². The van der Waals surface area contributed by atoms with Gasteiger partial charge in [-0.1, -0.05) is 6.07 Å². The standard InChI is InChI=1S/C15H23N3O4S/c1-12(11-18-6-8-22-9-7-18)17-15(19)13-4-3-5-14(10-13)23(20,21)16-2/h3-5,10,12,16H,6-9,11H2,1-2H3,(H,17,19). The average molecular weight is 341 g/mol. The number of carbonyl (C=O) groups is 1. The summed E-state index contributed by atoms with van der Waals surface area (Å²) >= 11 is 0. The molecule has 0 aliphatic carbocycles. The first-order valence-corrected chi connectivity index (χ1v) is 9.05. The van der Waals surface area contributed by atoms with Crippen molar-refractivity contribution in [2.45, 2.75) is 17.9 Å². The molecule has 2 rings (SSSR count). The molecule has 1 aromatic rings. The maximum atomic E-state index is 12.3. The zero-order valence-electron chi connectivity index (χ0n) is 13.4. The largest absolute Gasteiger partial charge is 0.379 e. The van der Waals surface area contributed by atoms with Crippen LogP contribution in [0.25, 0.3) is 0 Å². The summed E-state index contributed by atoms with van der Waals surface area (Å²) < 4.78 is 31.1. The Labute approximate surface area is 137 Å². The summed E-state index contributed by atoms with van der Waals surface area (Å²) in [6.45, 7) is 5.81. The van der Waals surface area contributed by atoms with Gasteiger partial charge in [-0.05, 0) is 32.2 Å². The fourth-order valence-corrected chi connectivity index (χ4v) is 3.22. The molecule has 128 valence electrons. The Morgan fingerprint density at radius 1 is 1.35 bits per heavy atom. The Balaban J connectivity index is 1.98. The highest BCUT2D eigenvalue weighted by Gasteiger charge is 2.18. The molecule has 23 heavy (non-hydrogen) atoms. The topological polar surface area (TPSA) is 87.7 Å². The van der Waals surface area contributed by atoms with Gasteiger partial charge in [-0.3, -0.25) is 9.69 Å². The molecule has 1 aliphatic rings. The molecule has 0 saturated carbocycles. The van der Waals surface area contributed by atoms with Crippen molar-refractivity contribution in [1.82, 2.24) is 14.9 Å². The minimum atomic E-state index is -3.56. The van der Waals surface area contributed by atoms with Crippen LogP contribution in [0, 0.1) is 0 Å². The fraction of sp³-hybridized carbons (Fsp3) is 0.533. The summed E-state index contributed by atoms with van der Waals surface area (Å²) in [5.41, 5.74) is 0.329. The molecule has 1 unspecified atom stereocenters. The van der Waals surface area contributed by atoms with E-state index in [9.17, 15) is 13.2 Å². The SMILES string of the molecule is CNS(=O)(=O)c1cccc(C(=O)NC(C)CN2CCOCC2)c1. The number of morpholine rings is 1. The molecular weight excluding hydrogens is 318 g/mol. The number of amides is 1. The van der Waals surface area contributed by atoms with Gasteiger partial charge in [0.1, 0.15) is 0 Å². The zero-order chi connectivity index (χ0) is 16.9. The van der Waals surface area contributed by atoms with Gasteiger partial charge in [-0.2, -0.15) is 0 Å². The van der Waals surface area contributed by atoms with Crippen LogP contribution >= 0.6 is 0 Å². The number of hydrogen-bond donors (Lipinski definition) is 2. The van der Waals surface area contributed by atoms with E-state index < -0.39 is 10.0 Å². The van der Waals surface area contributed by atoms with E-state index in [4.69, 9.17) is 4.74 Å². The lowest BCUT2D eigenvalue weighted by Gasteiger charge is -2.29. The van der Waals surface area contributed by atoms with Crippen LogP contribution < -0.4 is 10.0 Å². The Morgan fingerprint density at radius 3 is 2.70 bits per heavy atom. The van der Waals surface area contributed by atoms with E-state index in [-0.39, 0.29) is 16.8 Å². The molecule has 1 fully saturated rings. The third kappa shape index (κ3) is 5.00. The van der Waals surface area contributed by atoms with Crippen molar-refractivity contribution in [3.63, 3.8) is 0 Å². The highest BCUT2D eigenvalue weighted by molar-refractivity contribution is 7.89. The van der Waals surface area contributed by atoms with Gasteiger partial charge in [-0.15, -0.1) is 0 Å². The maximum absolute atomic E-state index is 12.3. The van der Waals surface area contributed by atoms with Gasteiger partial charge in [0.05, 0.1) is 18.1 Å². The summed E-state index contributed by atoms with van der Waals surface area (Å²) in [4.78, 5) is 14.6. The number of rotatable bonds is 6. The smallest absolute Gasteiger partial charge is 0.251 e. The molecule has 0 radical (unpaired) electrons. The van der Waals surface area contributed by atoms with Crippen molar-refractivity contribution >= 4 is 15.9 Å². The second-order valence-electron chi connectivity index (χ2n) is 5.52. The van der Waals surface area contributed by atoms with Crippen LogP contribution in [0.1, 0.15) is 17.3 Å². The predicted molar refractivity (Wildman–Crippen MR) is 86.9 cm³/mol. The molecule has 1 aliphatic heterocycles. The maximum Gasteiger partial charge on any atom is 0.251 e. The minimum absolute atomic E-state index is 0.0369. The number of nitrogens with one attached hydrogen (secondary N) is 2. The molecule has 1 saturated heterocycles. The summed E-state index contributed by atoms with van der Waals surface area (Å²) in [5.74, 6) is -0.279. The number of ether oxygens (including phenoxy) is 1. The lowest BCUT2D eigenvalue weighted by Crippen LogP contribution is -2.46. The Bertz CT molecular complexity index is 642. The summed E-state index contributed by atoms with van der Waals surface area (Å²) in [5, 5.41) is 2.90. The van der Waals surface area contributed by atoms with E-state index >= 15 is 0 Å². The molecule has 1 atom stereocenters. The molecule has 1 heterocycles. The normalized spacial score (nSPS) is 17.7. The monoisotopic (exact) mass is 341 g/mol. The summed E-state index contributed by atoms with van der Waals surface area (Å²) in [6, 6.07) is 5.96. The van der Waals surface area contributed by atoms with Crippen molar-refractivity contribution in [2.24, 2.45) is 0 Å². The van der Waals surface area contributed by atoms with E-state index in [1.165, 1.54) is 19.2 Å². The Morgan fingerprint density at radius 2 is 2.04 bits per heavy atom. The molecule has 2 N–H and O–H groups in total. The van der Waals surface area contributed by atoms with Gasteiger partial charge in [0.25, 0.3) is 5.91 Å². The van der Waals surface area contributed by atoms with Crippen molar-refractivity contribution in [3.05, 3.63) is 29.8 Å². The second-order valence-corrected chi connectivity index (χ2v) is 7.41. The molecule has 0 spiro atoms. The third-order valence-electron chi connectivity index (χ3n) is 3.69. The van der Waals surface area contributed by atoms with Gasteiger partial charge in [0, 0.05) is 31.2 Å². The van der Waals surface area contributed by atoms with Crippen LogP contribution in [0.15, 0.2) is 29.2 Å². The molecule has 7 nitrogen and oxygen atoms in total. The van der Waals surface area contributed by atoms with Gasteiger partial charge in [0.15, 0.2) is 0 Å². The third-order valence-corrected chi connectivity index (χ3v) is 5.10. The minimum Gasteiger partial charge on any atom is -0.379 e. The molecular formula is C15H23N3O4S. The van der Waals surface area contributed by atoms with E-state index in [1.54, 1.807) is 12.1 Å². The Kier molecular flexibility index (Phi) is 6.11. The average Bonchev–Trinajstić information content (AvgIpc) is 2.55. The van der Waals surface area contributed by atoms with Crippen molar-refractivity contribution in [2.75, 3.05) is 39.9 Å². The number of benzene rings is 1. The highest BCUT2D eigenvalue weighted by Crippen LogP contribution is 2.11. The molecule has 1 amide bonds. The highest BCUT2D eigenvalue weighted by atomic mass is 32.2. The van der Waals surface area contributed by atoms with Gasteiger partial charge < -0.3 is 10.1 Å². The van der Waals surface area contributed by atoms with E-state index in [2.05, 4.69) is 14.9 Å². The van der Waals surface area contributed by atoms with Crippen LogP contribution in [-0.4, -0.2) is 65.2 Å².